The van der Waals surface area contributed by atoms with Gasteiger partial charge < -0.3 is 20.5 Å². The lowest BCUT2D eigenvalue weighted by molar-refractivity contribution is -0.122. The lowest BCUT2D eigenvalue weighted by Gasteiger charge is -2.26. The highest BCUT2D eigenvalue weighted by Gasteiger charge is 2.25. The van der Waals surface area contributed by atoms with Crippen LogP contribution in [0.4, 0.5) is 0 Å². The second-order valence-electron chi connectivity index (χ2n) is 10.7. The Bertz CT molecular complexity index is 1070. The van der Waals surface area contributed by atoms with Gasteiger partial charge in [-0.25, -0.2) is 12.7 Å². The van der Waals surface area contributed by atoms with Crippen LogP contribution in [0.25, 0.3) is 0 Å². The second kappa shape index (κ2) is 18.1. The van der Waals surface area contributed by atoms with Gasteiger partial charge in [0.2, 0.25) is 15.9 Å². The molecular formula is C31H49N3O5S. The van der Waals surface area contributed by atoms with Crippen LogP contribution in [0.5, 0.6) is 5.75 Å². The van der Waals surface area contributed by atoms with E-state index in [4.69, 9.17) is 4.74 Å². The summed E-state index contributed by atoms with van der Waals surface area (Å²) in [6, 6.07) is 17.0. The minimum absolute atomic E-state index is 0.150. The van der Waals surface area contributed by atoms with Gasteiger partial charge in [-0.3, -0.25) is 4.79 Å². The molecule has 0 aliphatic carbocycles. The zero-order valence-electron chi connectivity index (χ0n) is 24.6. The van der Waals surface area contributed by atoms with E-state index in [1.165, 1.54) is 4.31 Å². The number of aliphatic hydroxyl groups is 1. The molecule has 0 radical (unpaired) electrons. The Morgan fingerprint density at radius 3 is 2.23 bits per heavy atom. The zero-order chi connectivity index (χ0) is 29.4. The summed E-state index contributed by atoms with van der Waals surface area (Å²) in [7, 11) is -3.53. The molecule has 0 aliphatic heterocycles. The lowest BCUT2D eigenvalue weighted by atomic mass is 10.0. The third kappa shape index (κ3) is 12.8. The second-order valence-corrected chi connectivity index (χ2v) is 12.8. The highest BCUT2D eigenvalue weighted by Crippen LogP contribution is 2.16. The van der Waals surface area contributed by atoms with E-state index in [1.807, 2.05) is 68.4 Å². The first-order valence-corrected chi connectivity index (χ1v) is 16.2. The lowest BCUT2D eigenvalue weighted by Crippen LogP contribution is -2.49. The van der Waals surface area contributed by atoms with Crippen LogP contribution in [-0.4, -0.2) is 67.8 Å². The number of nitrogens with one attached hydrogen (secondary N) is 2. The number of amides is 1. The molecule has 0 spiro atoms. The van der Waals surface area contributed by atoms with Crippen LogP contribution in [0, 0.1) is 5.92 Å². The Morgan fingerprint density at radius 1 is 0.975 bits per heavy atom. The molecule has 0 aromatic heterocycles. The zero-order valence-corrected chi connectivity index (χ0v) is 25.5. The molecule has 0 heterocycles. The van der Waals surface area contributed by atoms with Gasteiger partial charge in [-0.05, 0) is 61.4 Å². The predicted molar refractivity (Wildman–Crippen MR) is 162 cm³/mol. The minimum atomic E-state index is -3.53. The van der Waals surface area contributed by atoms with Crippen molar-refractivity contribution in [3.8, 4) is 5.75 Å². The summed E-state index contributed by atoms with van der Waals surface area (Å²) >= 11 is 0. The number of aliphatic hydroxyl groups excluding tert-OH is 1. The van der Waals surface area contributed by atoms with Gasteiger partial charge in [-0.15, -0.1) is 0 Å². The van der Waals surface area contributed by atoms with Gasteiger partial charge in [-0.1, -0.05) is 70.2 Å². The number of ether oxygens (including phenoxy) is 1. The summed E-state index contributed by atoms with van der Waals surface area (Å²) in [6.07, 6.45) is 1.85. The third-order valence-electron chi connectivity index (χ3n) is 6.62. The molecule has 40 heavy (non-hydrogen) atoms. The highest BCUT2D eigenvalue weighted by atomic mass is 32.2. The number of carbonyl (C=O) groups is 1. The monoisotopic (exact) mass is 575 g/mol. The van der Waals surface area contributed by atoms with Gasteiger partial charge in [0.15, 0.2) is 0 Å². The normalized spacial score (nSPS) is 13.4. The quantitative estimate of drug-likeness (QED) is 0.205. The maximum absolute atomic E-state index is 12.9. The first-order valence-electron chi connectivity index (χ1n) is 14.6. The molecule has 8 nitrogen and oxygen atoms in total. The van der Waals surface area contributed by atoms with E-state index >= 15 is 0 Å². The van der Waals surface area contributed by atoms with E-state index in [0.29, 0.717) is 38.6 Å². The van der Waals surface area contributed by atoms with Crippen molar-refractivity contribution in [1.82, 2.24) is 14.9 Å². The van der Waals surface area contributed by atoms with Crippen LogP contribution in [0.1, 0.15) is 64.5 Å². The predicted octanol–water partition coefficient (Wildman–Crippen LogP) is 4.13. The fourth-order valence-corrected chi connectivity index (χ4v) is 5.92. The maximum Gasteiger partial charge on any atom is 0.221 e. The SMILES string of the molecule is CCCN(CCC)S(=O)(=O)CCC(=O)N[C@@H](Cc1ccc(OCc2ccccc2)cc1)[C@H](O)CNCCC(C)C. The standard InChI is InChI=1S/C31H49N3O5S/c1-5-19-34(20-6-2)40(37,38)21-17-31(36)33-29(30(35)23-32-18-16-25(3)4)22-26-12-14-28(15-13-26)39-24-27-10-8-7-9-11-27/h7-15,25,29-30,32,35H,5-6,16-24H2,1-4H3,(H,33,36)/t29-,30+/m0/s1. The largest absolute Gasteiger partial charge is 0.489 e. The highest BCUT2D eigenvalue weighted by molar-refractivity contribution is 7.89. The number of hydrogen-bond donors (Lipinski definition) is 3. The fraction of sp³-hybridized carbons (Fsp3) is 0.581. The third-order valence-corrected chi connectivity index (χ3v) is 8.49. The maximum atomic E-state index is 12.9. The Balaban J connectivity index is 2.01. The van der Waals surface area contributed by atoms with Gasteiger partial charge in [-0.2, -0.15) is 0 Å². The van der Waals surface area contributed by atoms with E-state index in [2.05, 4.69) is 24.5 Å². The van der Waals surface area contributed by atoms with Crippen molar-refractivity contribution in [1.29, 1.82) is 0 Å². The molecule has 0 saturated heterocycles. The average Bonchev–Trinajstić information content (AvgIpc) is 2.94. The van der Waals surface area contributed by atoms with E-state index in [-0.39, 0.29) is 18.1 Å². The number of nitrogens with zero attached hydrogens (tertiary/aromatic N) is 1. The molecule has 224 valence electrons. The number of carbonyl (C=O) groups excluding carboxylic acids is 1. The average molecular weight is 576 g/mol. The van der Waals surface area contributed by atoms with Crippen molar-refractivity contribution in [3.63, 3.8) is 0 Å². The van der Waals surface area contributed by atoms with Crippen molar-refractivity contribution in [2.75, 3.05) is 31.9 Å². The van der Waals surface area contributed by atoms with Crippen molar-refractivity contribution in [2.45, 2.75) is 78.6 Å². The molecule has 0 saturated carbocycles. The molecule has 9 heteroatoms. The van der Waals surface area contributed by atoms with E-state index in [9.17, 15) is 18.3 Å². The van der Waals surface area contributed by atoms with Crippen molar-refractivity contribution < 1.29 is 23.1 Å². The molecule has 0 unspecified atom stereocenters. The number of hydrogen-bond acceptors (Lipinski definition) is 6. The summed E-state index contributed by atoms with van der Waals surface area (Å²) in [5, 5.41) is 17.2. The first kappa shape index (κ1) is 33.7. The molecule has 0 bridgehead atoms. The van der Waals surface area contributed by atoms with Crippen LogP contribution in [0.2, 0.25) is 0 Å². The van der Waals surface area contributed by atoms with Crippen molar-refractivity contribution >= 4 is 15.9 Å². The first-order chi connectivity index (χ1) is 19.1. The summed E-state index contributed by atoms with van der Waals surface area (Å²) in [6.45, 7) is 10.6. The number of benzene rings is 2. The molecular weight excluding hydrogens is 526 g/mol. The van der Waals surface area contributed by atoms with Crippen LogP contribution in [0.15, 0.2) is 54.6 Å². The molecule has 2 rings (SSSR count). The summed E-state index contributed by atoms with van der Waals surface area (Å²) < 4.78 is 33.0. The fourth-order valence-electron chi connectivity index (χ4n) is 4.30. The van der Waals surface area contributed by atoms with Gasteiger partial charge in [0, 0.05) is 26.1 Å². The summed E-state index contributed by atoms with van der Waals surface area (Å²) in [5.41, 5.74) is 2.01. The molecule has 3 N–H and O–H groups in total. The summed E-state index contributed by atoms with van der Waals surface area (Å²) in [5.74, 6) is 0.648. The van der Waals surface area contributed by atoms with Gasteiger partial charge in [0.25, 0.3) is 0 Å². The Kier molecular flexibility index (Phi) is 15.2. The number of sulfonamides is 1. The van der Waals surface area contributed by atoms with Crippen LogP contribution in [0.3, 0.4) is 0 Å². The van der Waals surface area contributed by atoms with Crippen molar-refractivity contribution in [2.24, 2.45) is 5.92 Å². The Labute approximate surface area is 241 Å². The van der Waals surface area contributed by atoms with Crippen LogP contribution in [-0.2, 0) is 27.8 Å². The smallest absolute Gasteiger partial charge is 0.221 e. The van der Waals surface area contributed by atoms with Crippen molar-refractivity contribution in [3.05, 3.63) is 65.7 Å². The topological polar surface area (TPSA) is 108 Å². The summed E-state index contributed by atoms with van der Waals surface area (Å²) in [4.78, 5) is 12.9. The molecule has 2 aromatic carbocycles. The Hall–Kier alpha value is -2.46. The molecule has 2 atom stereocenters. The molecule has 0 fully saturated rings. The van der Waals surface area contributed by atoms with Gasteiger partial charge >= 0.3 is 0 Å². The van der Waals surface area contributed by atoms with Crippen LogP contribution >= 0.6 is 0 Å². The molecule has 0 aliphatic rings. The van der Waals surface area contributed by atoms with E-state index in [1.54, 1.807) is 0 Å². The van der Waals surface area contributed by atoms with Crippen LogP contribution < -0.4 is 15.4 Å². The molecule has 1 amide bonds. The minimum Gasteiger partial charge on any atom is -0.489 e. The number of rotatable bonds is 20. The van der Waals surface area contributed by atoms with E-state index in [0.717, 1.165) is 42.7 Å². The Morgan fingerprint density at radius 2 is 1.62 bits per heavy atom. The van der Waals surface area contributed by atoms with E-state index < -0.39 is 22.2 Å². The van der Waals surface area contributed by atoms with Gasteiger partial charge in [0.1, 0.15) is 12.4 Å². The molecule has 2 aromatic rings. The van der Waals surface area contributed by atoms with Gasteiger partial charge in [0.05, 0.1) is 17.9 Å².